The van der Waals surface area contributed by atoms with Crippen LogP contribution in [0.1, 0.15) is 11.3 Å². The van der Waals surface area contributed by atoms with E-state index in [1.165, 1.54) is 4.90 Å². The molecule has 0 aliphatic carbocycles. The number of nitrogens with zero attached hydrogens (tertiary/aromatic N) is 2. The van der Waals surface area contributed by atoms with Gasteiger partial charge in [-0.2, -0.15) is 0 Å². The summed E-state index contributed by atoms with van der Waals surface area (Å²) in [6.45, 7) is 2.49. The van der Waals surface area contributed by atoms with E-state index in [4.69, 9.17) is 0 Å². The van der Waals surface area contributed by atoms with Gasteiger partial charge in [-0.3, -0.25) is 0 Å². The summed E-state index contributed by atoms with van der Waals surface area (Å²) < 4.78 is 0. The van der Waals surface area contributed by atoms with E-state index in [9.17, 15) is 4.79 Å². The number of thiazole rings is 1. The number of hydrogen-bond acceptors (Lipinski definition) is 3. The molecule has 0 spiro atoms. The molecule has 0 aliphatic rings. The van der Waals surface area contributed by atoms with Gasteiger partial charge in [-0.1, -0.05) is 24.3 Å². The second-order valence-electron chi connectivity index (χ2n) is 4.50. The van der Waals surface area contributed by atoms with Gasteiger partial charge in [0, 0.05) is 37.3 Å². The van der Waals surface area contributed by atoms with Crippen LogP contribution in [0.2, 0.25) is 0 Å². The first-order chi connectivity index (χ1) is 9.08. The summed E-state index contributed by atoms with van der Waals surface area (Å²) in [7, 11) is 3.46. The summed E-state index contributed by atoms with van der Waals surface area (Å²) in [5.41, 5.74) is 3.18. The Morgan fingerprint density at radius 2 is 2.11 bits per heavy atom. The van der Waals surface area contributed by atoms with Crippen molar-refractivity contribution in [1.29, 1.82) is 0 Å². The van der Waals surface area contributed by atoms with Crippen LogP contribution in [0.15, 0.2) is 29.6 Å². The van der Waals surface area contributed by atoms with Gasteiger partial charge in [-0.05, 0) is 12.5 Å². The van der Waals surface area contributed by atoms with Crippen molar-refractivity contribution in [3.05, 3.63) is 40.9 Å². The van der Waals surface area contributed by atoms with Crippen LogP contribution in [0, 0.1) is 6.92 Å². The van der Waals surface area contributed by atoms with Gasteiger partial charge in [0.05, 0.1) is 0 Å². The molecule has 1 aromatic heterocycles. The Hall–Kier alpha value is -1.88. The van der Waals surface area contributed by atoms with Crippen LogP contribution in [0.4, 0.5) is 4.79 Å². The molecule has 1 aromatic carbocycles. The van der Waals surface area contributed by atoms with Crippen molar-refractivity contribution in [2.24, 2.45) is 0 Å². The molecular formula is C14H17N3OS. The number of carbonyl (C=O) groups excluding carboxylic acids is 1. The molecule has 2 amide bonds. The number of aryl methyl sites for hydroxylation is 1. The quantitative estimate of drug-likeness (QED) is 0.936. The summed E-state index contributed by atoms with van der Waals surface area (Å²) >= 11 is 1.62. The Morgan fingerprint density at radius 1 is 1.37 bits per heavy atom. The number of hydrogen-bond donors (Lipinski definition) is 1. The van der Waals surface area contributed by atoms with Crippen LogP contribution < -0.4 is 5.32 Å². The Balaban J connectivity index is 2.20. The van der Waals surface area contributed by atoms with Crippen LogP contribution in [-0.4, -0.2) is 30.0 Å². The highest BCUT2D eigenvalue weighted by atomic mass is 32.1. The molecule has 4 nitrogen and oxygen atoms in total. The SMILES string of the molecule is Cc1csc(-c2ccccc2CNC(=O)N(C)C)n1. The van der Waals surface area contributed by atoms with Crippen molar-refractivity contribution in [2.75, 3.05) is 14.1 Å². The number of amides is 2. The van der Waals surface area contributed by atoms with E-state index in [0.717, 1.165) is 21.8 Å². The molecule has 0 radical (unpaired) electrons. The average Bonchev–Trinajstić information content (AvgIpc) is 2.82. The van der Waals surface area contributed by atoms with Crippen LogP contribution in [0.5, 0.6) is 0 Å². The van der Waals surface area contributed by atoms with Crippen molar-refractivity contribution < 1.29 is 4.79 Å². The van der Waals surface area contributed by atoms with E-state index in [1.54, 1.807) is 25.4 Å². The smallest absolute Gasteiger partial charge is 0.317 e. The van der Waals surface area contributed by atoms with Crippen molar-refractivity contribution in [2.45, 2.75) is 13.5 Å². The van der Waals surface area contributed by atoms with Gasteiger partial charge in [0.15, 0.2) is 0 Å². The van der Waals surface area contributed by atoms with E-state index in [0.29, 0.717) is 6.54 Å². The van der Waals surface area contributed by atoms with Gasteiger partial charge in [0.25, 0.3) is 0 Å². The number of nitrogens with one attached hydrogen (secondary N) is 1. The van der Waals surface area contributed by atoms with Crippen molar-refractivity contribution in [3.8, 4) is 10.6 Å². The Morgan fingerprint density at radius 3 is 2.74 bits per heavy atom. The van der Waals surface area contributed by atoms with Crippen LogP contribution in [-0.2, 0) is 6.54 Å². The number of urea groups is 1. The summed E-state index contributed by atoms with van der Waals surface area (Å²) in [4.78, 5) is 17.6. The molecule has 0 atom stereocenters. The minimum Gasteiger partial charge on any atom is -0.334 e. The summed E-state index contributed by atoms with van der Waals surface area (Å²) in [5.74, 6) is 0. The molecule has 2 aromatic rings. The molecule has 0 aliphatic heterocycles. The standard InChI is InChI=1S/C14H17N3OS/c1-10-9-19-13(16-10)12-7-5-4-6-11(12)8-15-14(18)17(2)3/h4-7,9H,8H2,1-3H3,(H,15,18). The minimum atomic E-state index is -0.0925. The average molecular weight is 275 g/mol. The number of carbonyl (C=O) groups is 1. The fourth-order valence-corrected chi connectivity index (χ4v) is 2.55. The van der Waals surface area contributed by atoms with E-state index in [2.05, 4.69) is 10.3 Å². The lowest BCUT2D eigenvalue weighted by molar-refractivity contribution is 0.217. The topological polar surface area (TPSA) is 45.2 Å². The van der Waals surface area contributed by atoms with Crippen LogP contribution in [0.25, 0.3) is 10.6 Å². The molecule has 0 unspecified atom stereocenters. The van der Waals surface area contributed by atoms with Gasteiger partial charge in [0.1, 0.15) is 5.01 Å². The first kappa shape index (κ1) is 13.5. The molecule has 1 heterocycles. The van der Waals surface area contributed by atoms with Crippen LogP contribution >= 0.6 is 11.3 Å². The fourth-order valence-electron chi connectivity index (χ4n) is 1.69. The first-order valence-corrected chi connectivity index (χ1v) is 6.91. The first-order valence-electron chi connectivity index (χ1n) is 6.03. The molecule has 2 rings (SSSR count). The Labute approximate surface area is 117 Å². The van der Waals surface area contributed by atoms with E-state index >= 15 is 0 Å². The lowest BCUT2D eigenvalue weighted by Crippen LogP contribution is -2.34. The number of rotatable bonds is 3. The maximum Gasteiger partial charge on any atom is 0.317 e. The summed E-state index contributed by atoms with van der Waals surface area (Å²) in [5, 5.41) is 5.90. The molecule has 5 heteroatoms. The zero-order chi connectivity index (χ0) is 13.8. The molecule has 0 bridgehead atoms. The maximum absolute atomic E-state index is 11.6. The summed E-state index contributed by atoms with van der Waals surface area (Å²) in [6.07, 6.45) is 0. The molecule has 100 valence electrons. The molecule has 19 heavy (non-hydrogen) atoms. The zero-order valence-electron chi connectivity index (χ0n) is 11.3. The van der Waals surface area contributed by atoms with E-state index in [-0.39, 0.29) is 6.03 Å². The van der Waals surface area contributed by atoms with Crippen molar-refractivity contribution in [3.63, 3.8) is 0 Å². The zero-order valence-corrected chi connectivity index (χ0v) is 12.1. The second-order valence-corrected chi connectivity index (χ2v) is 5.36. The van der Waals surface area contributed by atoms with Gasteiger partial charge in [0.2, 0.25) is 0 Å². The van der Waals surface area contributed by atoms with E-state index < -0.39 is 0 Å². The normalized spacial score (nSPS) is 10.3. The molecular weight excluding hydrogens is 258 g/mol. The third-order valence-corrected chi connectivity index (χ3v) is 3.70. The second kappa shape index (κ2) is 5.84. The fraction of sp³-hybridized carbons (Fsp3) is 0.286. The molecule has 0 fully saturated rings. The minimum absolute atomic E-state index is 0.0925. The highest BCUT2D eigenvalue weighted by Crippen LogP contribution is 2.26. The predicted molar refractivity (Wildman–Crippen MR) is 78.2 cm³/mol. The molecule has 1 N–H and O–H groups in total. The predicted octanol–water partition coefficient (Wildman–Crippen LogP) is 2.89. The van der Waals surface area contributed by atoms with Gasteiger partial charge >= 0.3 is 6.03 Å². The lowest BCUT2D eigenvalue weighted by Gasteiger charge is -2.13. The lowest BCUT2D eigenvalue weighted by atomic mass is 10.1. The van der Waals surface area contributed by atoms with Crippen molar-refractivity contribution in [1.82, 2.24) is 15.2 Å². The Kier molecular flexibility index (Phi) is 4.16. The highest BCUT2D eigenvalue weighted by molar-refractivity contribution is 7.13. The largest absolute Gasteiger partial charge is 0.334 e. The maximum atomic E-state index is 11.6. The molecule has 0 saturated carbocycles. The highest BCUT2D eigenvalue weighted by Gasteiger charge is 2.09. The summed E-state index contributed by atoms with van der Waals surface area (Å²) in [6, 6.07) is 7.92. The third-order valence-electron chi connectivity index (χ3n) is 2.70. The molecule has 0 saturated heterocycles. The van der Waals surface area contributed by atoms with Crippen LogP contribution in [0.3, 0.4) is 0 Å². The monoisotopic (exact) mass is 275 g/mol. The van der Waals surface area contributed by atoms with Gasteiger partial charge in [-0.25, -0.2) is 9.78 Å². The number of benzene rings is 1. The Bertz CT molecular complexity index is 578. The third kappa shape index (κ3) is 3.32. The number of aromatic nitrogens is 1. The van der Waals surface area contributed by atoms with E-state index in [1.807, 2.05) is 36.6 Å². The van der Waals surface area contributed by atoms with Crippen molar-refractivity contribution >= 4 is 17.4 Å². The van der Waals surface area contributed by atoms with Gasteiger partial charge < -0.3 is 10.2 Å². The van der Waals surface area contributed by atoms with Gasteiger partial charge in [-0.15, -0.1) is 11.3 Å².